The lowest BCUT2D eigenvalue weighted by Gasteiger charge is -2.23. The first-order valence-corrected chi connectivity index (χ1v) is 7.99. The largest absolute Gasteiger partial charge is 0.444 e. The van der Waals surface area contributed by atoms with Gasteiger partial charge in [-0.25, -0.2) is 9.78 Å². The number of imidazole rings is 1. The van der Waals surface area contributed by atoms with Gasteiger partial charge < -0.3 is 19.9 Å². The molecule has 128 valence electrons. The van der Waals surface area contributed by atoms with Crippen molar-refractivity contribution in [2.75, 3.05) is 0 Å². The van der Waals surface area contributed by atoms with Crippen LogP contribution in [0.1, 0.15) is 65.2 Å². The van der Waals surface area contributed by atoms with E-state index in [9.17, 15) is 9.59 Å². The van der Waals surface area contributed by atoms with Crippen LogP contribution in [0.3, 0.4) is 0 Å². The van der Waals surface area contributed by atoms with Crippen molar-refractivity contribution in [1.82, 2.24) is 20.2 Å². The van der Waals surface area contributed by atoms with Crippen molar-refractivity contribution in [3.63, 3.8) is 0 Å². The molecule has 0 radical (unpaired) electrons. The highest BCUT2D eigenvalue weighted by Gasteiger charge is 2.28. The summed E-state index contributed by atoms with van der Waals surface area (Å²) >= 11 is 0. The van der Waals surface area contributed by atoms with Crippen molar-refractivity contribution in [3.8, 4) is 0 Å². The average molecular weight is 322 g/mol. The number of nitrogens with one attached hydrogen (secondary N) is 2. The lowest BCUT2D eigenvalue weighted by atomic mass is 10.2. The second-order valence-electron chi connectivity index (χ2n) is 7.05. The maximum absolute atomic E-state index is 12.2. The van der Waals surface area contributed by atoms with Crippen LogP contribution < -0.4 is 10.6 Å². The maximum atomic E-state index is 12.2. The van der Waals surface area contributed by atoms with Gasteiger partial charge >= 0.3 is 6.09 Å². The van der Waals surface area contributed by atoms with Crippen molar-refractivity contribution < 1.29 is 14.3 Å². The number of aromatic nitrogens is 2. The zero-order valence-electron chi connectivity index (χ0n) is 14.4. The molecule has 1 heterocycles. The van der Waals surface area contributed by atoms with E-state index in [4.69, 9.17) is 4.74 Å². The Balaban J connectivity index is 2.01. The van der Waals surface area contributed by atoms with Crippen LogP contribution in [0, 0.1) is 0 Å². The predicted molar refractivity (Wildman–Crippen MR) is 85.9 cm³/mol. The molecule has 1 aliphatic rings. The van der Waals surface area contributed by atoms with Gasteiger partial charge in [0.05, 0.1) is 24.3 Å². The molecule has 1 aromatic heterocycles. The van der Waals surface area contributed by atoms with Gasteiger partial charge in [-0.3, -0.25) is 4.79 Å². The Morgan fingerprint density at radius 2 is 2.00 bits per heavy atom. The Labute approximate surface area is 136 Å². The van der Waals surface area contributed by atoms with Crippen molar-refractivity contribution in [1.29, 1.82) is 0 Å². The SMILES string of the molecule is CC(C(=O)NC1CC1)n1cncc1[C@H](C)NC(=O)OC(C)(C)C. The second-order valence-corrected chi connectivity index (χ2v) is 7.05. The molecule has 2 N–H and O–H groups in total. The number of ether oxygens (including phenoxy) is 1. The van der Waals surface area contributed by atoms with E-state index < -0.39 is 11.7 Å². The number of rotatable bonds is 5. The van der Waals surface area contributed by atoms with Crippen LogP contribution in [-0.2, 0) is 9.53 Å². The molecule has 2 atom stereocenters. The molecule has 0 bridgehead atoms. The van der Waals surface area contributed by atoms with E-state index in [-0.39, 0.29) is 18.0 Å². The van der Waals surface area contributed by atoms with Gasteiger partial charge in [-0.2, -0.15) is 0 Å². The van der Waals surface area contributed by atoms with Gasteiger partial charge in [-0.1, -0.05) is 0 Å². The molecule has 1 fully saturated rings. The topological polar surface area (TPSA) is 85.3 Å². The standard InChI is InChI=1S/C16H26N4O3/c1-10(18-15(22)23-16(3,4)5)13-8-17-9-20(13)11(2)14(21)19-12-6-7-12/h8-12H,6-7H2,1-5H3,(H,18,22)(H,19,21)/t10-,11?/m0/s1. The molecule has 7 heteroatoms. The van der Waals surface area contributed by atoms with E-state index in [0.717, 1.165) is 18.5 Å². The molecule has 7 nitrogen and oxygen atoms in total. The summed E-state index contributed by atoms with van der Waals surface area (Å²) in [5.41, 5.74) is 0.205. The van der Waals surface area contributed by atoms with Crippen LogP contribution >= 0.6 is 0 Å². The highest BCUT2D eigenvalue weighted by molar-refractivity contribution is 5.80. The number of alkyl carbamates (subject to hydrolysis) is 1. The van der Waals surface area contributed by atoms with E-state index in [0.29, 0.717) is 6.04 Å². The third kappa shape index (κ3) is 4.97. The van der Waals surface area contributed by atoms with Gasteiger partial charge in [-0.05, 0) is 47.5 Å². The zero-order valence-corrected chi connectivity index (χ0v) is 14.4. The molecule has 0 saturated heterocycles. The minimum absolute atomic E-state index is 0.0313. The Morgan fingerprint density at radius 1 is 1.35 bits per heavy atom. The summed E-state index contributed by atoms with van der Waals surface area (Å²) in [6, 6.07) is -0.381. The first kappa shape index (κ1) is 17.3. The first-order chi connectivity index (χ1) is 10.7. The fourth-order valence-corrected chi connectivity index (χ4v) is 2.21. The lowest BCUT2D eigenvalue weighted by molar-refractivity contribution is -0.124. The maximum Gasteiger partial charge on any atom is 0.408 e. The van der Waals surface area contributed by atoms with Crippen molar-refractivity contribution in [2.45, 2.75) is 71.2 Å². The molecule has 23 heavy (non-hydrogen) atoms. The van der Waals surface area contributed by atoms with Crippen LogP contribution in [0.4, 0.5) is 4.79 Å². The summed E-state index contributed by atoms with van der Waals surface area (Å²) in [4.78, 5) is 28.2. The fraction of sp³-hybridized carbons (Fsp3) is 0.688. The molecule has 2 amide bonds. The summed E-state index contributed by atoms with van der Waals surface area (Å²) in [5.74, 6) is -0.0313. The number of hydrogen-bond donors (Lipinski definition) is 2. The third-order valence-electron chi connectivity index (χ3n) is 3.59. The van der Waals surface area contributed by atoms with E-state index in [1.807, 2.05) is 34.6 Å². The number of hydrogen-bond acceptors (Lipinski definition) is 4. The van der Waals surface area contributed by atoms with Crippen molar-refractivity contribution in [2.24, 2.45) is 0 Å². The summed E-state index contributed by atoms with van der Waals surface area (Å²) < 4.78 is 7.03. The normalized spacial score (nSPS) is 17.3. The molecule has 2 rings (SSSR count). The molecular weight excluding hydrogens is 296 g/mol. The van der Waals surface area contributed by atoms with Crippen LogP contribution in [0.5, 0.6) is 0 Å². The number of amides is 2. The van der Waals surface area contributed by atoms with Crippen molar-refractivity contribution in [3.05, 3.63) is 18.2 Å². The monoisotopic (exact) mass is 322 g/mol. The van der Waals surface area contributed by atoms with Gasteiger partial charge in [0.2, 0.25) is 5.91 Å². The Hall–Kier alpha value is -2.05. The van der Waals surface area contributed by atoms with E-state index in [1.165, 1.54) is 0 Å². The van der Waals surface area contributed by atoms with E-state index in [1.54, 1.807) is 17.1 Å². The van der Waals surface area contributed by atoms with Gasteiger partial charge in [0.1, 0.15) is 11.6 Å². The zero-order chi connectivity index (χ0) is 17.2. The van der Waals surface area contributed by atoms with Crippen LogP contribution in [0.2, 0.25) is 0 Å². The first-order valence-electron chi connectivity index (χ1n) is 7.99. The predicted octanol–water partition coefficient (Wildman–Crippen LogP) is 2.31. The van der Waals surface area contributed by atoms with E-state index >= 15 is 0 Å². The van der Waals surface area contributed by atoms with Gasteiger partial charge in [0.25, 0.3) is 0 Å². The Kier molecular flexibility index (Phi) is 4.97. The van der Waals surface area contributed by atoms with Gasteiger partial charge in [0, 0.05) is 6.04 Å². The van der Waals surface area contributed by atoms with Crippen LogP contribution in [0.25, 0.3) is 0 Å². The smallest absolute Gasteiger partial charge is 0.408 e. The molecule has 0 aliphatic heterocycles. The highest BCUT2D eigenvalue weighted by atomic mass is 16.6. The summed E-state index contributed by atoms with van der Waals surface area (Å²) in [6.45, 7) is 9.09. The third-order valence-corrected chi connectivity index (χ3v) is 3.59. The number of carbonyl (C=O) groups is 2. The molecule has 1 saturated carbocycles. The molecule has 0 aromatic carbocycles. The quantitative estimate of drug-likeness (QED) is 0.871. The second kappa shape index (κ2) is 6.60. The molecular formula is C16H26N4O3. The molecule has 1 aliphatic carbocycles. The lowest BCUT2D eigenvalue weighted by Crippen LogP contribution is -2.36. The molecule has 1 aromatic rings. The Bertz CT molecular complexity index is 572. The van der Waals surface area contributed by atoms with Crippen LogP contribution in [0.15, 0.2) is 12.5 Å². The highest BCUT2D eigenvalue weighted by Crippen LogP contribution is 2.22. The average Bonchev–Trinajstić information content (AvgIpc) is 3.08. The molecule has 0 spiro atoms. The minimum atomic E-state index is -0.554. The minimum Gasteiger partial charge on any atom is -0.444 e. The van der Waals surface area contributed by atoms with Gasteiger partial charge in [-0.15, -0.1) is 0 Å². The fourth-order valence-electron chi connectivity index (χ4n) is 2.21. The van der Waals surface area contributed by atoms with Crippen molar-refractivity contribution >= 4 is 12.0 Å². The summed E-state index contributed by atoms with van der Waals surface area (Å²) in [6.07, 6.45) is 4.87. The van der Waals surface area contributed by atoms with Crippen LogP contribution in [-0.4, -0.2) is 33.2 Å². The number of carbonyl (C=O) groups excluding carboxylic acids is 2. The summed E-state index contributed by atoms with van der Waals surface area (Å²) in [7, 11) is 0. The van der Waals surface area contributed by atoms with Gasteiger partial charge in [0.15, 0.2) is 0 Å². The molecule has 1 unspecified atom stereocenters. The van der Waals surface area contributed by atoms with E-state index in [2.05, 4.69) is 15.6 Å². The Morgan fingerprint density at radius 3 is 2.57 bits per heavy atom. The summed E-state index contributed by atoms with van der Waals surface area (Å²) in [5, 5.41) is 5.75. The number of nitrogens with zero attached hydrogens (tertiary/aromatic N) is 2.